The standard InChI is InChI=1S/C19H27N5/c1-14(2)16-7-5-6-8-17(16)21-19-20-15(3)13-18(22-19)24-11-9-23(4)10-12-24/h5-8,13-14H,9-12H2,1-4H3,(H,20,21,22). The molecule has 0 spiro atoms. The van der Waals surface area contributed by atoms with E-state index in [0.717, 1.165) is 43.4 Å². The molecule has 1 aromatic carbocycles. The van der Waals surface area contributed by atoms with Gasteiger partial charge in [-0.3, -0.25) is 0 Å². The number of anilines is 3. The molecule has 5 heteroatoms. The van der Waals surface area contributed by atoms with Crippen molar-refractivity contribution >= 4 is 17.5 Å². The fourth-order valence-corrected chi connectivity index (χ4v) is 3.04. The van der Waals surface area contributed by atoms with Crippen LogP contribution in [-0.4, -0.2) is 48.1 Å². The first-order valence-electron chi connectivity index (χ1n) is 8.68. The summed E-state index contributed by atoms with van der Waals surface area (Å²) in [6.07, 6.45) is 0. The smallest absolute Gasteiger partial charge is 0.229 e. The van der Waals surface area contributed by atoms with Crippen molar-refractivity contribution in [2.24, 2.45) is 0 Å². The summed E-state index contributed by atoms with van der Waals surface area (Å²) in [6.45, 7) is 10.6. The Morgan fingerprint density at radius 1 is 1.04 bits per heavy atom. The summed E-state index contributed by atoms with van der Waals surface area (Å²) in [5.74, 6) is 2.15. The van der Waals surface area contributed by atoms with Crippen molar-refractivity contribution < 1.29 is 0 Å². The molecule has 0 radical (unpaired) electrons. The lowest BCUT2D eigenvalue weighted by atomic mass is 10.0. The Bertz CT molecular complexity index is 690. The Balaban J connectivity index is 1.84. The van der Waals surface area contributed by atoms with Gasteiger partial charge in [-0.15, -0.1) is 0 Å². The third-order valence-electron chi connectivity index (χ3n) is 4.50. The zero-order valence-electron chi connectivity index (χ0n) is 15.1. The van der Waals surface area contributed by atoms with E-state index in [2.05, 4.69) is 65.3 Å². The van der Waals surface area contributed by atoms with Crippen LogP contribution in [0.1, 0.15) is 31.0 Å². The highest BCUT2D eigenvalue weighted by molar-refractivity contribution is 5.60. The Hall–Kier alpha value is -2.14. The number of rotatable bonds is 4. The van der Waals surface area contributed by atoms with E-state index in [9.17, 15) is 0 Å². The van der Waals surface area contributed by atoms with Crippen LogP contribution >= 0.6 is 0 Å². The number of nitrogens with zero attached hydrogens (tertiary/aromatic N) is 4. The average Bonchev–Trinajstić information content (AvgIpc) is 2.55. The van der Waals surface area contributed by atoms with Crippen LogP contribution in [0.25, 0.3) is 0 Å². The minimum Gasteiger partial charge on any atom is -0.354 e. The van der Waals surface area contributed by atoms with Gasteiger partial charge in [0, 0.05) is 43.6 Å². The van der Waals surface area contributed by atoms with E-state index >= 15 is 0 Å². The molecule has 0 bridgehead atoms. The fraction of sp³-hybridized carbons (Fsp3) is 0.474. The summed E-state index contributed by atoms with van der Waals surface area (Å²) in [7, 11) is 2.17. The first kappa shape index (κ1) is 16.7. The second-order valence-electron chi connectivity index (χ2n) is 6.85. The van der Waals surface area contributed by atoms with Crippen molar-refractivity contribution in [2.75, 3.05) is 43.4 Å². The van der Waals surface area contributed by atoms with Crippen molar-refractivity contribution in [1.29, 1.82) is 0 Å². The number of aryl methyl sites for hydroxylation is 1. The molecular formula is C19H27N5. The molecule has 1 fully saturated rings. The van der Waals surface area contributed by atoms with Crippen molar-refractivity contribution in [3.8, 4) is 0 Å². The molecule has 0 aliphatic carbocycles. The molecule has 0 amide bonds. The fourth-order valence-electron chi connectivity index (χ4n) is 3.04. The zero-order valence-corrected chi connectivity index (χ0v) is 15.1. The van der Waals surface area contributed by atoms with Crippen molar-refractivity contribution in [3.05, 3.63) is 41.6 Å². The lowest BCUT2D eigenvalue weighted by molar-refractivity contribution is 0.312. The second kappa shape index (κ2) is 7.18. The van der Waals surface area contributed by atoms with Crippen LogP contribution in [0, 0.1) is 6.92 Å². The van der Waals surface area contributed by atoms with Crippen LogP contribution in [0.5, 0.6) is 0 Å². The highest BCUT2D eigenvalue weighted by Gasteiger charge is 2.17. The number of para-hydroxylation sites is 1. The Labute approximate surface area is 144 Å². The van der Waals surface area contributed by atoms with Gasteiger partial charge in [0.05, 0.1) is 0 Å². The second-order valence-corrected chi connectivity index (χ2v) is 6.85. The molecule has 0 saturated carbocycles. The van der Waals surface area contributed by atoms with Gasteiger partial charge in [-0.25, -0.2) is 4.98 Å². The molecule has 1 aromatic heterocycles. The molecule has 5 nitrogen and oxygen atoms in total. The van der Waals surface area contributed by atoms with Crippen LogP contribution in [0.3, 0.4) is 0 Å². The highest BCUT2D eigenvalue weighted by Crippen LogP contribution is 2.26. The normalized spacial score (nSPS) is 15.8. The van der Waals surface area contributed by atoms with E-state index < -0.39 is 0 Å². The molecule has 3 rings (SSSR count). The van der Waals surface area contributed by atoms with E-state index in [1.165, 1.54) is 5.56 Å². The van der Waals surface area contributed by atoms with Crippen molar-refractivity contribution in [3.63, 3.8) is 0 Å². The van der Waals surface area contributed by atoms with E-state index in [-0.39, 0.29) is 0 Å². The van der Waals surface area contributed by atoms with Gasteiger partial charge in [0.1, 0.15) is 5.82 Å². The summed E-state index contributed by atoms with van der Waals surface area (Å²) < 4.78 is 0. The Kier molecular flexibility index (Phi) is 5.00. The third kappa shape index (κ3) is 3.85. The van der Waals surface area contributed by atoms with Gasteiger partial charge in [0.25, 0.3) is 0 Å². The summed E-state index contributed by atoms with van der Waals surface area (Å²) in [6, 6.07) is 10.4. The van der Waals surface area contributed by atoms with Gasteiger partial charge in [-0.1, -0.05) is 32.0 Å². The minimum absolute atomic E-state index is 0.454. The molecule has 2 heterocycles. The zero-order chi connectivity index (χ0) is 17.1. The van der Waals surface area contributed by atoms with E-state index in [0.29, 0.717) is 11.9 Å². The minimum atomic E-state index is 0.454. The molecule has 2 aromatic rings. The topological polar surface area (TPSA) is 44.3 Å². The Morgan fingerprint density at radius 2 is 1.75 bits per heavy atom. The molecule has 1 aliphatic heterocycles. The third-order valence-corrected chi connectivity index (χ3v) is 4.50. The van der Waals surface area contributed by atoms with Gasteiger partial charge >= 0.3 is 0 Å². The number of aromatic nitrogens is 2. The lowest BCUT2D eigenvalue weighted by Gasteiger charge is -2.33. The number of hydrogen-bond acceptors (Lipinski definition) is 5. The number of hydrogen-bond donors (Lipinski definition) is 1. The predicted octanol–water partition coefficient (Wildman–Crippen LogP) is 3.40. The first-order chi connectivity index (χ1) is 11.5. The van der Waals surface area contributed by atoms with Crippen LogP contribution in [-0.2, 0) is 0 Å². The average molecular weight is 325 g/mol. The van der Waals surface area contributed by atoms with Crippen molar-refractivity contribution in [2.45, 2.75) is 26.7 Å². The maximum atomic E-state index is 4.76. The van der Waals surface area contributed by atoms with Gasteiger partial charge in [0.15, 0.2) is 0 Å². The van der Waals surface area contributed by atoms with Crippen LogP contribution in [0.2, 0.25) is 0 Å². The van der Waals surface area contributed by atoms with Gasteiger partial charge in [-0.2, -0.15) is 4.98 Å². The maximum absolute atomic E-state index is 4.76. The van der Waals surface area contributed by atoms with Crippen LogP contribution < -0.4 is 10.2 Å². The van der Waals surface area contributed by atoms with Gasteiger partial charge in [-0.05, 0) is 31.5 Å². The van der Waals surface area contributed by atoms with Crippen LogP contribution in [0.15, 0.2) is 30.3 Å². The lowest BCUT2D eigenvalue weighted by Crippen LogP contribution is -2.44. The monoisotopic (exact) mass is 325 g/mol. The maximum Gasteiger partial charge on any atom is 0.229 e. The van der Waals surface area contributed by atoms with Crippen molar-refractivity contribution in [1.82, 2.24) is 14.9 Å². The summed E-state index contributed by atoms with van der Waals surface area (Å²) in [5, 5.41) is 3.42. The summed E-state index contributed by atoms with van der Waals surface area (Å²) in [5.41, 5.74) is 3.36. The quantitative estimate of drug-likeness (QED) is 0.933. The van der Waals surface area contributed by atoms with Gasteiger partial charge < -0.3 is 15.1 Å². The summed E-state index contributed by atoms with van der Waals surface area (Å²) >= 11 is 0. The van der Waals surface area contributed by atoms with Crippen LogP contribution in [0.4, 0.5) is 17.5 Å². The molecule has 0 unspecified atom stereocenters. The largest absolute Gasteiger partial charge is 0.354 e. The van der Waals surface area contributed by atoms with E-state index in [1.807, 2.05) is 13.0 Å². The van der Waals surface area contributed by atoms with Gasteiger partial charge in [0.2, 0.25) is 5.95 Å². The first-order valence-corrected chi connectivity index (χ1v) is 8.68. The molecule has 0 atom stereocenters. The molecule has 24 heavy (non-hydrogen) atoms. The predicted molar refractivity (Wildman–Crippen MR) is 100 cm³/mol. The number of likely N-dealkylation sites (N-methyl/N-ethyl adjacent to an activating group) is 1. The molecule has 1 N–H and O–H groups in total. The summed E-state index contributed by atoms with van der Waals surface area (Å²) in [4.78, 5) is 14.0. The number of benzene rings is 1. The number of nitrogens with one attached hydrogen (secondary N) is 1. The van der Waals surface area contributed by atoms with E-state index in [1.54, 1.807) is 0 Å². The molecule has 1 saturated heterocycles. The SMILES string of the molecule is Cc1cc(N2CCN(C)CC2)nc(Nc2ccccc2C(C)C)n1. The van der Waals surface area contributed by atoms with E-state index in [4.69, 9.17) is 4.98 Å². The highest BCUT2D eigenvalue weighted by atomic mass is 15.3. The molecule has 128 valence electrons. The Morgan fingerprint density at radius 3 is 2.46 bits per heavy atom. The number of piperazine rings is 1. The molecular weight excluding hydrogens is 298 g/mol. The molecule has 1 aliphatic rings.